The lowest BCUT2D eigenvalue weighted by atomic mass is 9.81. The van der Waals surface area contributed by atoms with E-state index >= 15 is 0 Å². The summed E-state index contributed by atoms with van der Waals surface area (Å²) in [5.41, 5.74) is 0. The Kier molecular flexibility index (Phi) is 4.99. The van der Waals surface area contributed by atoms with Gasteiger partial charge in [-0.05, 0) is 12.8 Å². The van der Waals surface area contributed by atoms with Crippen LogP contribution in [0.4, 0.5) is 0 Å². The van der Waals surface area contributed by atoms with Crippen molar-refractivity contribution < 1.29 is 19.4 Å². The number of hydrogen-bond acceptors (Lipinski definition) is 4. The maximum absolute atomic E-state index is 12.1. The highest BCUT2D eigenvalue weighted by Crippen LogP contribution is 2.29. The molecule has 1 amide bonds. The number of aliphatic carboxylic acids is 1. The van der Waals surface area contributed by atoms with E-state index in [9.17, 15) is 14.7 Å². The molecule has 2 aliphatic heterocycles. The van der Waals surface area contributed by atoms with Gasteiger partial charge in [0.2, 0.25) is 5.91 Å². The molecule has 0 aromatic heterocycles. The van der Waals surface area contributed by atoms with E-state index in [0.717, 1.165) is 32.8 Å². The van der Waals surface area contributed by atoms with E-state index in [1.54, 1.807) is 4.90 Å². The average Bonchev–Trinajstić information content (AvgIpc) is 2.38. The van der Waals surface area contributed by atoms with E-state index in [0.29, 0.717) is 13.0 Å². The smallest absolute Gasteiger partial charge is 0.308 e. The lowest BCUT2D eigenvalue weighted by Crippen LogP contribution is -2.54. The summed E-state index contributed by atoms with van der Waals surface area (Å²) in [5, 5.41) is 9.34. The largest absolute Gasteiger partial charge is 0.481 e. The highest BCUT2D eigenvalue weighted by molar-refractivity contribution is 5.81. The van der Waals surface area contributed by atoms with Gasteiger partial charge in [0.15, 0.2) is 0 Å². The molecule has 114 valence electrons. The molecular formula is C14H24N2O4. The zero-order valence-corrected chi connectivity index (χ0v) is 12.2. The summed E-state index contributed by atoms with van der Waals surface area (Å²) in [6.07, 6.45) is 0.338. The molecule has 6 nitrogen and oxygen atoms in total. The first kappa shape index (κ1) is 15.3. The third kappa shape index (κ3) is 3.30. The molecule has 0 spiro atoms. The Bertz CT molecular complexity index is 368. The first-order valence-corrected chi connectivity index (χ1v) is 7.33. The van der Waals surface area contributed by atoms with Crippen molar-refractivity contribution in [3.05, 3.63) is 0 Å². The van der Waals surface area contributed by atoms with Gasteiger partial charge in [-0.2, -0.15) is 0 Å². The minimum absolute atomic E-state index is 0.0794. The monoisotopic (exact) mass is 284 g/mol. The van der Waals surface area contributed by atoms with Gasteiger partial charge in [0.05, 0.1) is 19.1 Å². The highest BCUT2D eigenvalue weighted by Gasteiger charge is 2.41. The van der Waals surface area contributed by atoms with Crippen molar-refractivity contribution in [3.8, 4) is 0 Å². The Labute approximate surface area is 119 Å². The third-order valence-corrected chi connectivity index (χ3v) is 4.49. The minimum Gasteiger partial charge on any atom is -0.481 e. The molecular weight excluding hydrogens is 260 g/mol. The number of amides is 1. The molecule has 2 saturated heterocycles. The van der Waals surface area contributed by atoms with Crippen LogP contribution in [0.5, 0.6) is 0 Å². The van der Waals surface area contributed by atoms with Crippen molar-refractivity contribution in [3.63, 3.8) is 0 Å². The van der Waals surface area contributed by atoms with Gasteiger partial charge in [-0.15, -0.1) is 0 Å². The van der Waals surface area contributed by atoms with Crippen molar-refractivity contribution in [1.29, 1.82) is 0 Å². The quantitative estimate of drug-likeness (QED) is 0.803. The number of carbonyl (C=O) groups excluding carboxylic acids is 1. The van der Waals surface area contributed by atoms with E-state index in [1.807, 2.05) is 13.8 Å². The number of carbonyl (C=O) groups is 2. The van der Waals surface area contributed by atoms with Gasteiger partial charge in [0.1, 0.15) is 0 Å². The Morgan fingerprint density at radius 2 is 1.95 bits per heavy atom. The fraction of sp³-hybridized carbons (Fsp3) is 0.857. The summed E-state index contributed by atoms with van der Waals surface area (Å²) in [5.74, 6) is -1.27. The number of likely N-dealkylation sites (tertiary alicyclic amines) is 1. The van der Waals surface area contributed by atoms with Gasteiger partial charge in [-0.3, -0.25) is 14.5 Å². The molecule has 2 heterocycles. The Morgan fingerprint density at radius 3 is 2.55 bits per heavy atom. The lowest BCUT2D eigenvalue weighted by Gasteiger charge is -2.41. The minimum atomic E-state index is -0.797. The predicted octanol–water partition coefficient (Wildman–Crippen LogP) is 0.276. The standard InChI is InChI=1S/C14H24N2O4/c1-10-9-12(17)16(11(2)13(10)14(18)19)4-3-15-5-7-20-8-6-15/h10-11,13H,3-9H2,1-2H3,(H,18,19). The van der Waals surface area contributed by atoms with Crippen LogP contribution in [-0.4, -0.2) is 72.2 Å². The third-order valence-electron chi connectivity index (χ3n) is 4.49. The molecule has 0 radical (unpaired) electrons. The Hall–Kier alpha value is -1.14. The van der Waals surface area contributed by atoms with Gasteiger partial charge >= 0.3 is 5.97 Å². The summed E-state index contributed by atoms with van der Waals surface area (Å²) in [4.78, 5) is 27.5. The second kappa shape index (κ2) is 6.54. The lowest BCUT2D eigenvalue weighted by molar-refractivity contribution is -0.154. The van der Waals surface area contributed by atoms with Gasteiger partial charge in [-0.1, -0.05) is 6.92 Å². The van der Waals surface area contributed by atoms with Crippen LogP contribution in [0.2, 0.25) is 0 Å². The van der Waals surface area contributed by atoms with Crippen molar-refractivity contribution in [1.82, 2.24) is 9.80 Å². The van der Waals surface area contributed by atoms with Crippen LogP contribution >= 0.6 is 0 Å². The first-order valence-electron chi connectivity index (χ1n) is 7.33. The van der Waals surface area contributed by atoms with Crippen LogP contribution in [0, 0.1) is 11.8 Å². The van der Waals surface area contributed by atoms with Crippen LogP contribution in [0.3, 0.4) is 0 Å². The molecule has 3 atom stereocenters. The molecule has 0 saturated carbocycles. The number of hydrogen-bond donors (Lipinski definition) is 1. The van der Waals surface area contributed by atoms with Gasteiger partial charge in [0.25, 0.3) is 0 Å². The zero-order valence-electron chi connectivity index (χ0n) is 12.2. The van der Waals surface area contributed by atoms with Crippen molar-refractivity contribution in [2.45, 2.75) is 26.3 Å². The van der Waals surface area contributed by atoms with Crippen molar-refractivity contribution >= 4 is 11.9 Å². The molecule has 1 N–H and O–H groups in total. The topological polar surface area (TPSA) is 70.1 Å². The molecule has 20 heavy (non-hydrogen) atoms. The summed E-state index contributed by atoms with van der Waals surface area (Å²) in [6, 6.07) is -0.232. The zero-order chi connectivity index (χ0) is 14.7. The summed E-state index contributed by atoms with van der Waals surface area (Å²) >= 11 is 0. The number of morpholine rings is 1. The molecule has 3 unspecified atom stereocenters. The Morgan fingerprint density at radius 1 is 1.30 bits per heavy atom. The van der Waals surface area contributed by atoms with Crippen LogP contribution in [-0.2, 0) is 14.3 Å². The van der Waals surface area contributed by atoms with Crippen molar-refractivity contribution in [2.75, 3.05) is 39.4 Å². The number of carboxylic acid groups (broad SMARTS) is 1. The second-order valence-electron chi connectivity index (χ2n) is 5.83. The molecule has 2 rings (SSSR count). The second-order valence-corrected chi connectivity index (χ2v) is 5.83. The molecule has 0 aliphatic carbocycles. The number of nitrogens with zero attached hydrogens (tertiary/aromatic N) is 2. The van der Waals surface area contributed by atoms with E-state index in [-0.39, 0.29) is 17.9 Å². The number of rotatable bonds is 4. The molecule has 2 aliphatic rings. The SMILES string of the molecule is CC1CC(=O)N(CCN2CCOCC2)C(C)C1C(=O)O. The number of carboxylic acids is 1. The molecule has 0 aromatic carbocycles. The van der Waals surface area contributed by atoms with E-state index in [1.165, 1.54) is 0 Å². The number of ether oxygens (including phenoxy) is 1. The summed E-state index contributed by atoms with van der Waals surface area (Å²) in [7, 11) is 0. The fourth-order valence-electron chi connectivity index (χ4n) is 3.27. The summed E-state index contributed by atoms with van der Waals surface area (Å²) < 4.78 is 5.30. The fourth-order valence-corrected chi connectivity index (χ4v) is 3.27. The normalized spacial score (nSPS) is 32.4. The van der Waals surface area contributed by atoms with Crippen LogP contribution in [0.25, 0.3) is 0 Å². The van der Waals surface area contributed by atoms with Crippen LogP contribution in [0.1, 0.15) is 20.3 Å². The van der Waals surface area contributed by atoms with Gasteiger partial charge in [0, 0.05) is 38.6 Å². The maximum Gasteiger partial charge on any atom is 0.308 e. The van der Waals surface area contributed by atoms with Gasteiger partial charge in [-0.25, -0.2) is 0 Å². The van der Waals surface area contributed by atoms with E-state index in [2.05, 4.69) is 4.90 Å². The maximum atomic E-state index is 12.1. The van der Waals surface area contributed by atoms with Gasteiger partial charge < -0.3 is 14.7 Å². The highest BCUT2D eigenvalue weighted by atomic mass is 16.5. The predicted molar refractivity (Wildman–Crippen MR) is 73.3 cm³/mol. The average molecular weight is 284 g/mol. The van der Waals surface area contributed by atoms with Crippen LogP contribution in [0.15, 0.2) is 0 Å². The molecule has 2 fully saturated rings. The molecule has 0 bridgehead atoms. The molecule has 0 aromatic rings. The van der Waals surface area contributed by atoms with Crippen molar-refractivity contribution in [2.24, 2.45) is 11.8 Å². The van der Waals surface area contributed by atoms with E-state index < -0.39 is 11.9 Å². The first-order chi connectivity index (χ1) is 9.50. The molecule has 6 heteroatoms. The number of piperidine rings is 1. The Balaban J connectivity index is 1.94. The van der Waals surface area contributed by atoms with Crippen LogP contribution < -0.4 is 0 Å². The van der Waals surface area contributed by atoms with E-state index in [4.69, 9.17) is 4.74 Å². The summed E-state index contributed by atoms with van der Waals surface area (Å²) in [6.45, 7) is 8.34.